The monoisotopic (exact) mass is 579 g/mol. The Labute approximate surface area is 208 Å². The number of H-pyrrole nitrogens is 1. The summed E-state index contributed by atoms with van der Waals surface area (Å²) in [6.45, 7) is 1.43. The minimum atomic E-state index is -3.97. The average molecular weight is 581 g/mol. The van der Waals surface area contributed by atoms with E-state index in [9.17, 15) is 18.9 Å². The summed E-state index contributed by atoms with van der Waals surface area (Å²) in [5.74, 6) is -0.424. The predicted octanol–water partition coefficient (Wildman–Crippen LogP) is 3.27. The molecule has 0 spiro atoms. The Morgan fingerprint density at radius 1 is 1.29 bits per heavy atom. The number of carbonyl (C=O) groups excluding carboxylic acids is 1. The molecule has 0 bridgehead atoms. The highest BCUT2D eigenvalue weighted by molar-refractivity contribution is 9.11. The van der Waals surface area contributed by atoms with E-state index in [2.05, 4.69) is 30.7 Å². The third-order valence-electron chi connectivity index (χ3n) is 4.15. The topological polar surface area (TPSA) is 138 Å². The number of benzene rings is 1. The van der Waals surface area contributed by atoms with E-state index in [1.807, 2.05) is 0 Å². The largest absolute Gasteiger partial charge is 0.468 e. The molecule has 0 fully saturated rings. The lowest BCUT2D eigenvalue weighted by molar-refractivity contribution is -0.142. The van der Waals surface area contributed by atoms with Crippen molar-refractivity contribution in [1.82, 2.24) is 14.6 Å². The lowest BCUT2D eigenvalue weighted by Gasteiger charge is -2.22. The number of esters is 1. The Balaban J connectivity index is 1.93. The standard InChI is InChI=1S/C20H24BrClN3O8P/c1-14(19(27)30-2)24-34(29,33-17-6-4-16(22)5-7-17)32-11-3-10-31-13-25-12-15(8-9-21)18(26)23-20(25)28/h4-9,12,14H,3,10-11,13H2,1-2H3,(H,24,29)(H,23,26,28)/b9-8+/t14-,34?/m0/s1. The number of aromatic amines is 1. The van der Waals surface area contributed by atoms with Crippen LogP contribution in [0.5, 0.6) is 5.75 Å². The fraction of sp³-hybridized carbons (Fsp3) is 0.350. The molecule has 0 amide bonds. The maximum Gasteiger partial charge on any atom is 0.459 e. The van der Waals surface area contributed by atoms with Crippen molar-refractivity contribution in [3.05, 3.63) is 66.9 Å². The van der Waals surface area contributed by atoms with Gasteiger partial charge in [-0.3, -0.25) is 23.7 Å². The zero-order valence-corrected chi connectivity index (χ0v) is 21.6. The maximum absolute atomic E-state index is 13.2. The van der Waals surface area contributed by atoms with Gasteiger partial charge >= 0.3 is 19.4 Å². The first kappa shape index (κ1) is 28.0. The van der Waals surface area contributed by atoms with Gasteiger partial charge in [-0.15, -0.1) is 0 Å². The van der Waals surface area contributed by atoms with E-state index in [0.717, 1.165) is 0 Å². The molecule has 34 heavy (non-hydrogen) atoms. The summed E-state index contributed by atoms with van der Waals surface area (Å²) in [7, 11) is -2.77. The van der Waals surface area contributed by atoms with Gasteiger partial charge < -0.3 is 14.0 Å². The maximum atomic E-state index is 13.2. The minimum absolute atomic E-state index is 0.0517. The molecule has 1 heterocycles. The van der Waals surface area contributed by atoms with Gasteiger partial charge in [-0.05, 0) is 48.7 Å². The fourth-order valence-corrected chi connectivity index (χ4v) is 4.45. The number of nitrogens with zero attached hydrogens (tertiary/aromatic N) is 1. The first-order chi connectivity index (χ1) is 16.2. The molecule has 0 radical (unpaired) electrons. The van der Waals surface area contributed by atoms with Crippen LogP contribution in [0.15, 0.2) is 45.0 Å². The number of ether oxygens (including phenoxy) is 2. The summed E-state index contributed by atoms with van der Waals surface area (Å²) in [4.78, 5) is 39.0. The molecule has 11 nitrogen and oxygen atoms in total. The second kappa shape index (κ2) is 13.6. The molecular formula is C20H24BrClN3O8P. The second-order valence-electron chi connectivity index (χ2n) is 6.75. The molecule has 0 saturated heterocycles. The molecule has 2 aromatic rings. The van der Waals surface area contributed by atoms with Crippen molar-refractivity contribution in [3.8, 4) is 5.75 Å². The lowest BCUT2D eigenvalue weighted by atomic mass is 10.3. The highest BCUT2D eigenvalue weighted by Gasteiger charge is 2.31. The van der Waals surface area contributed by atoms with Gasteiger partial charge in [0.1, 0.15) is 18.5 Å². The molecule has 14 heteroatoms. The van der Waals surface area contributed by atoms with Gasteiger partial charge in [0, 0.05) is 11.2 Å². The molecule has 1 aromatic carbocycles. The highest BCUT2D eigenvalue weighted by Crippen LogP contribution is 2.45. The van der Waals surface area contributed by atoms with Crippen molar-refractivity contribution in [2.45, 2.75) is 26.1 Å². The van der Waals surface area contributed by atoms with Crippen LogP contribution in [0.1, 0.15) is 18.9 Å². The van der Waals surface area contributed by atoms with Crippen LogP contribution in [-0.2, 0) is 30.1 Å². The van der Waals surface area contributed by atoms with E-state index in [1.54, 1.807) is 12.1 Å². The SMILES string of the molecule is COC(=O)[C@H](C)NP(=O)(OCCCOCn1cc(/C=C/Br)c(=O)[nH]c1=O)Oc1ccc(Cl)cc1. The molecule has 2 rings (SSSR count). The van der Waals surface area contributed by atoms with Crippen molar-refractivity contribution in [2.24, 2.45) is 0 Å². The third kappa shape index (κ3) is 8.86. The Hall–Kier alpha value is -2.21. The van der Waals surface area contributed by atoms with Gasteiger partial charge in [0.25, 0.3) is 5.56 Å². The van der Waals surface area contributed by atoms with Crippen LogP contribution in [0.3, 0.4) is 0 Å². The van der Waals surface area contributed by atoms with Crippen LogP contribution < -0.4 is 20.9 Å². The fourth-order valence-electron chi connectivity index (χ4n) is 2.51. The van der Waals surface area contributed by atoms with E-state index in [0.29, 0.717) is 5.02 Å². The van der Waals surface area contributed by atoms with E-state index < -0.39 is 31.0 Å². The Kier molecular flexibility index (Phi) is 11.2. The molecule has 2 N–H and O–H groups in total. The van der Waals surface area contributed by atoms with Gasteiger partial charge in [0.2, 0.25) is 0 Å². The van der Waals surface area contributed by atoms with E-state index in [-0.39, 0.29) is 37.7 Å². The first-order valence-electron chi connectivity index (χ1n) is 9.91. The van der Waals surface area contributed by atoms with Crippen LogP contribution in [0.2, 0.25) is 5.02 Å². The minimum Gasteiger partial charge on any atom is -0.468 e. The van der Waals surface area contributed by atoms with E-state index >= 15 is 0 Å². The number of carbonyl (C=O) groups is 1. The Bertz CT molecular complexity index is 1150. The molecule has 2 atom stereocenters. The van der Waals surface area contributed by atoms with E-state index in [1.165, 1.54) is 48.0 Å². The van der Waals surface area contributed by atoms with Crippen molar-refractivity contribution in [1.29, 1.82) is 0 Å². The van der Waals surface area contributed by atoms with Crippen molar-refractivity contribution in [3.63, 3.8) is 0 Å². The summed E-state index contributed by atoms with van der Waals surface area (Å²) in [5, 5.41) is 2.99. The van der Waals surface area contributed by atoms with Crippen LogP contribution in [0.4, 0.5) is 0 Å². The van der Waals surface area contributed by atoms with Crippen LogP contribution in [0, 0.1) is 0 Å². The molecule has 1 aromatic heterocycles. The summed E-state index contributed by atoms with van der Waals surface area (Å²) in [5.41, 5.74) is -0.861. The number of aromatic nitrogens is 2. The first-order valence-corrected chi connectivity index (χ1v) is 12.7. The molecule has 0 aliphatic rings. The number of hydrogen-bond acceptors (Lipinski definition) is 8. The summed E-state index contributed by atoms with van der Waals surface area (Å²) < 4.78 is 35.4. The molecule has 0 aliphatic heterocycles. The van der Waals surface area contributed by atoms with E-state index in [4.69, 9.17) is 25.4 Å². The number of methoxy groups -OCH3 is 1. The molecule has 186 valence electrons. The number of rotatable bonds is 13. The van der Waals surface area contributed by atoms with Crippen LogP contribution in [0.25, 0.3) is 6.08 Å². The zero-order chi connectivity index (χ0) is 25.1. The lowest BCUT2D eigenvalue weighted by Crippen LogP contribution is -2.34. The Morgan fingerprint density at radius 2 is 2.00 bits per heavy atom. The van der Waals surface area contributed by atoms with Gasteiger partial charge in [-0.1, -0.05) is 27.5 Å². The average Bonchev–Trinajstić information content (AvgIpc) is 2.79. The molecule has 0 aliphatic carbocycles. The summed E-state index contributed by atoms with van der Waals surface area (Å²) in [6.07, 6.45) is 3.14. The van der Waals surface area contributed by atoms with Gasteiger partial charge in [-0.25, -0.2) is 9.36 Å². The summed E-state index contributed by atoms with van der Waals surface area (Å²) in [6, 6.07) is 5.15. The number of hydrogen-bond donors (Lipinski definition) is 2. The number of nitrogens with one attached hydrogen (secondary N) is 2. The van der Waals surface area contributed by atoms with Crippen LogP contribution >= 0.6 is 35.3 Å². The predicted molar refractivity (Wildman–Crippen MR) is 130 cm³/mol. The smallest absolute Gasteiger partial charge is 0.459 e. The molecule has 0 saturated carbocycles. The zero-order valence-electron chi connectivity index (χ0n) is 18.4. The quantitative estimate of drug-likeness (QED) is 0.208. The Morgan fingerprint density at radius 3 is 2.65 bits per heavy atom. The highest BCUT2D eigenvalue weighted by atomic mass is 79.9. The summed E-state index contributed by atoms with van der Waals surface area (Å²) >= 11 is 8.93. The van der Waals surface area contributed by atoms with Gasteiger partial charge in [0.05, 0.1) is 25.9 Å². The van der Waals surface area contributed by atoms with Crippen LogP contribution in [-0.4, -0.2) is 41.9 Å². The van der Waals surface area contributed by atoms with Crippen molar-refractivity contribution < 1.29 is 27.9 Å². The van der Waals surface area contributed by atoms with Gasteiger partial charge in [0.15, 0.2) is 0 Å². The van der Waals surface area contributed by atoms with Gasteiger partial charge in [-0.2, -0.15) is 5.09 Å². The molecular weight excluding hydrogens is 557 g/mol. The number of halogens is 2. The normalized spacial score (nSPS) is 14.0. The third-order valence-corrected chi connectivity index (χ3v) is 6.34. The molecule has 1 unspecified atom stereocenters. The second-order valence-corrected chi connectivity index (χ2v) is 9.41. The van der Waals surface area contributed by atoms with Crippen molar-refractivity contribution >= 4 is 47.3 Å². The van der Waals surface area contributed by atoms with Crippen molar-refractivity contribution in [2.75, 3.05) is 20.3 Å².